The molecule has 4 aromatic rings. The molecule has 3 aliphatic rings. The van der Waals surface area contributed by atoms with Crippen LogP contribution in [0.15, 0.2) is 60.7 Å². The Bertz CT molecular complexity index is 1430. The molecule has 6 nitrogen and oxygen atoms in total. The minimum Gasteiger partial charge on any atom is -0.392 e. The maximum absolute atomic E-state index is 11.4. The van der Waals surface area contributed by atoms with Gasteiger partial charge in [0.1, 0.15) is 11.3 Å². The fourth-order valence-corrected chi connectivity index (χ4v) is 6.60. The molecule has 2 aliphatic heterocycles. The summed E-state index contributed by atoms with van der Waals surface area (Å²) in [5.74, 6) is -0.688. The number of aliphatic hydroxyl groups excluding tert-OH is 2. The number of hydrogen-bond acceptors (Lipinski definition) is 6. The number of hydrogen-bond donors (Lipinski definition) is 6. The van der Waals surface area contributed by atoms with Crippen LogP contribution in [0.2, 0.25) is 0 Å². The second kappa shape index (κ2) is 7.05. The van der Waals surface area contributed by atoms with Crippen molar-refractivity contribution in [1.29, 1.82) is 0 Å². The topological polar surface area (TPSA) is 88.6 Å². The van der Waals surface area contributed by atoms with Crippen molar-refractivity contribution in [2.24, 2.45) is 0 Å². The second-order valence-electron chi connectivity index (χ2n) is 11.7. The van der Waals surface area contributed by atoms with Crippen molar-refractivity contribution in [3.05, 3.63) is 71.8 Å². The zero-order chi connectivity index (χ0) is 25.0. The van der Waals surface area contributed by atoms with Crippen molar-refractivity contribution in [3.63, 3.8) is 0 Å². The Kier molecular flexibility index (Phi) is 4.27. The van der Waals surface area contributed by atoms with Gasteiger partial charge in [0.05, 0.1) is 12.2 Å². The molecule has 0 unspecified atom stereocenters. The van der Waals surface area contributed by atoms with Gasteiger partial charge in [-0.3, -0.25) is 0 Å². The third kappa shape index (κ3) is 3.11. The highest BCUT2D eigenvalue weighted by molar-refractivity contribution is 6.06. The van der Waals surface area contributed by atoms with Gasteiger partial charge in [-0.15, -0.1) is 0 Å². The maximum Gasteiger partial charge on any atom is 0.102 e. The smallest absolute Gasteiger partial charge is 0.102 e. The number of aliphatic hydroxyl groups is 2. The van der Waals surface area contributed by atoms with E-state index >= 15 is 0 Å². The van der Waals surface area contributed by atoms with Gasteiger partial charge < -0.3 is 31.5 Å². The quantitative estimate of drug-likeness (QED) is 0.219. The van der Waals surface area contributed by atoms with E-state index in [1.165, 1.54) is 0 Å². The Morgan fingerprint density at radius 1 is 0.556 bits per heavy atom. The van der Waals surface area contributed by atoms with Gasteiger partial charge in [0.25, 0.3) is 0 Å². The molecule has 1 aliphatic carbocycles. The Morgan fingerprint density at radius 3 is 1.36 bits per heavy atom. The predicted molar refractivity (Wildman–Crippen MR) is 148 cm³/mol. The zero-order valence-electron chi connectivity index (χ0n) is 21.0. The summed E-state index contributed by atoms with van der Waals surface area (Å²) >= 11 is 0. The van der Waals surface area contributed by atoms with Crippen LogP contribution in [0.25, 0.3) is 21.5 Å². The van der Waals surface area contributed by atoms with Gasteiger partial charge >= 0.3 is 0 Å². The van der Waals surface area contributed by atoms with Gasteiger partial charge in [0.2, 0.25) is 0 Å². The number of rotatable bonds is 2. The van der Waals surface area contributed by atoms with Crippen molar-refractivity contribution in [2.45, 2.75) is 63.1 Å². The molecule has 7 rings (SSSR count). The molecule has 0 radical (unpaired) electrons. The highest BCUT2D eigenvalue weighted by atomic mass is 16.3. The van der Waals surface area contributed by atoms with E-state index in [0.29, 0.717) is 0 Å². The van der Waals surface area contributed by atoms with Gasteiger partial charge in [-0.1, -0.05) is 36.4 Å². The summed E-state index contributed by atoms with van der Waals surface area (Å²) in [6.45, 7) is 8.42. The first kappa shape index (κ1) is 21.8. The largest absolute Gasteiger partial charge is 0.392 e. The maximum atomic E-state index is 11.4. The van der Waals surface area contributed by atoms with Crippen LogP contribution in [0.4, 0.5) is 22.7 Å². The van der Waals surface area contributed by atoms with Crippen LogP contribution in [-0.4, -0.2) is 33.7 Å². The van der Waals surface area contributed by atoms with E-state index in [4.69, 9.17) is 0 Å². The first-order valence-electron chi connectivity index (χ1n) is 12.7. The van der Waals surface area contributed by atoms with Crippen molar-refractivity contribution in [2.75, 3.05) is 21.3 Å². The van der Waals surface area contributed by atoms with Gasteiger partial charge in [-0.2, -0.15) is 0 Å². The van der Waals surface area contributed by atoms with Crippen molar-refractivity contribution < 1.29 is 10.2 Å². The fraction of sp³-hybridized carbons (Fsp3) is 0.333. The molecule has 6 N–H and O–H groups in total. The van der Waals surface area contributed by atoms with E-state index in [0.717, 1.165) is 55.4 Å². The second-order valence-corrected chi connectivity index (χ2v) is 11.7. The van der Waals surface area contributed by atoms with Gasteiger partial charge in [0, 0.05) is 45.4 Å². The molecule has 0 saturated heterocycles. The summed E-state index contributed by atoms with van der Waals surface area (Å²) in [5.41, 5.74) is 5.60. The molecule has 1 saturated carbocycles. The van der Waals surface area contributed by atoms with Crippen LogP contribution in [0.5, 0.6) is 0 Å². The molecule has 36 heavy (non-hydrogen) atoms. The first-order chi connectivity index (χ1) is 17.1. The summed E-state index contributed by atoms with van der Waals surface area (Å²) in [6, 6.07) is 20.9. The lowest BCUT2D eigenvalue weighted by Gasteiger charge is -2.48. The van der Waals surface area contributed by atoms with Gasteiger partial charge in [-0.05, 0) is 73.9 Å². The van der Waals surface area contributed by atoms with Crippen molar-refractivity contribution in [3.8, 4) is 0 Å². The lowest BCUT2D eigenvalue weighted by atomic mass is 9.63. The molecule has 4 aromatic carbocycles. The average Bonchev–Trinajstić information content (AvgIpc) is 2.77. The Balaban J connectivity index is 1.27. The SMILES string of the molecule is CC1(C)Nc2cccc3cc(C4C(O)C(c5cc6c7c(cccc7c5)NC(C)(C)N6)C4O)cc(c23)N1. The number of anilines is 4. The Hall–Kier alpha value is -3.48. The molecule has 1 fully saturated rings. The zero-order valence-corrected chi connectivity index (χ0v) is 21.0. The van der Waals surface area contributed by atoms with Crippen molar-refractivity contribution >= 4 is 44.3 Å². The standard InChI is InChI=1S/C30H32N4O2/c1-29(2)31-19-9-5-7-15-11-17(13-21(33-29)23(15)19)25-27(35)26(28(25)36)18-12-16-8-6-10-20-24(16)22(14-18)34-30(3,4)32-20/h5-14,25-28,31-36H,1-4H3. The fourth-order valence-electron chi connectivity index (χ4n) is 6.60. The molecule has 0 atom stereocenters. The van der Waals surface area contributed by atoms with Crippen LogP contribution < -0.4 is 21.3 Å². The highest BCUT2D eigenvalue weighted by Gasteiger charge is 2.51. The molecule has 0 amide bonds. The summed E-state index contributed by atoms with van der Waals surface area (Å²) in [4.78, 5) is 0. The van der Waals surface area contributed by atoms with Crippen LogP contribution in [0, 0.1) is 0 Å². The third-order valence-corrected chi connectivity index (χ3v) is 8.03. The average molecular weight is 481 g/mol. The molecular formula is C30H32N4O2. The number of benzene rings is 4. The molecule has 6 heteroatoms. The monoisotopic (exact) mass is 480 g/mol. The Morgan fingerprint density at radius 2 is 0.944 bits per heavy atom. The lowest BCUT2D eigenvalue weighted by Crippen LogP contribution is -2.51. The lowest BCUT2D eigenvalue weighted by molar-refractivity contribution is -0.0784. The molecule has 184 valence electrons. The molecule has 2 heterocycles. The first-order valence-corrected chi connectivity index (χ1v) is 12.7. The summed E-state index contributed by atoms with van der Waals surface area (Å²) in [5, 5.41) is 41.6. The summed E-state index contributed by atoms with van der Waals surface area (Å²) < 4.78 is 0. The molecule has 0 bridgehead atoms. The van der Waals surface area contributed by atoms with E-state index in [9.17, 15) is 10.2 Å². The van der Waals surface area contributed by atoms with E-state index in [1.54, 1.807) is 0 Å². The van der Waals surface area contributed by atoms with E-state index < -0.39 is 12.2 Å². The molecular weight excluding hydrogens is 448 g/mol. The molecule has 0 aromatic heterocycles. The van der Waals surface area contributed by atoms with Crippen LogP contribution in [0.1, 0.15) is 50.7 Å². The molecule has 0 spiro atoms. The van der Waals surface area contributed by atoms with E-state index in [1.807, 2.05) is 12.1 Å². The minimum atomic E-state index is -0.676. The van der Waals surface area contributed by atoms with Gasteiger partial charge in [0.15, 0.2) is 0 Å². The Labute approximate surface area is 210 Å². The van der Waals surface area contributed by atoms with Crippen LogP contribution in [0.3, 0.4) is 0 Å². The van der Waals surface area contributed by atoms with Gasteiger partial charge in [-0.25, -0.2) is 0 Å². The van der Waals surface area contributed by atoms with Crippen LogP contribution >= 0.6 is 0 Å². The van der Waals surface area contributed by atoms with E-state index in [-0.39, 0.29) is 23.2 Å². The minimum absolute atomic E-state index is 0.291. The van der Waals surface area contributed by atoms with E-state index in [2.05, 4.69) is 97.5 Å². The summed E-state index contributed by atoms with van der Waals surface area (Å²) in [6.07, 6.45) is -1.35. The van der Waals surface area contributed by atoms with Crippen LogP contribution in [-0.2, 0) is 0 Å². The third-order valence-electron chi connectivity index (χ3n) is 8.03. The van der Waals surface area contributed by atoms with Crippen molar-refractivity contribution in [1.82, 2.24) is 0 Å². The predicted octanol–water partition coefficient (Wildman–Crippen LogP) is 5.74. The normalized spacial score (nSPS) is 26.8. The highest BCUT2D eigenvalue weighted by Crippen LogP contribution is 2.52. The number of nitrogens with one attached hydrogen (secondary N) is 4. The summed E-state index contributed by atoms with van der Waals surface area (Å²) in [7, 11) is 0.